The maximum absolute atomic E-state index is 12.7. The number of phenolic OH excluding ortho intramolecular Hbond substituents is 1. The molecule has 0 saturated heterocycles. The number of pyridine rings is 1. The zero-order chi connectivity index (χ0) is 27.6. The minimum Gasteiger partial charge on any atom is -0.506 e. The first-order valence-electron chi connectivity index (χ1n) is 13.0. The molecule has 0 fully saturated rings. The molecule has 1 aromatic heterocycles. The molecule has 7 nitrogen and oxygen atoms in total. The summed E-state index contributed by atoms with van der Waals surface area (Å²) in [7, 11) is 0. The van der Waals surface area contributed by atoms with Crippen LogP contribution in [0.5, 0.6) is 5.75 Å². The molecule has 0 aliphatic heterocycles. The first-order valence-corrected chi connectivity index (χ1v) is 13.0. The Labute approximate surface area is 230 Å². The van der Waals surface area contributed by atoms with Gasteiger partial charge in [-0.15, -0.1) is 0 Å². The van der Waals surface area contributed by atoms with E-state index in [4.69, 9.17) is 4.74 Å². The van der Waals surface area contributed by atoms with Crippen LogP contribution in [0.25, 0.3) is 33.2 Å². The number of fused-ring (bicyclic) bond motifs is 4. The van der Waals surface area contributed by atoms with E-state index in [1.807, 2.05) is 91.0 Å². The number of rotatable bonds is 7. The Kier molecular flexibility index (Phi) is 6.62. The fourth-order valence-electron chi connectivity index (χ4n) is 5.42. The molecule has 0 radical (unpaired) electrons. The predicted molar refractivity (Wildman–Crippen MR) is 152 cm³/mol. The topological polar surface area (TPSA) is 109 Å². The van der Waals surface area contributed by atoms with Crippen LogP contribution in [0.4, 0.5) is 4.79 Å². The molecule has 0 unspecified atom stereocenters. The van der Waals surface area contributed by atoms with Crippen molar-refractivity contribution in [2.75, 3.05) is 6.61 Å². The quantitative estimate of drug-likeness (QED) is 0.233. The predicted octanol–water partition coefficient (Wildman–Crippen LogP) is 6.14. The molecular weight excluding hydrogens is 504 g/mol. The van der Waals surface area contributed by atoms with Gasteiger partial charge < -0.3 is 20.3 Å². The van der Waals surface area contributed by atoms with Crippen LogP contribution in [-0.4, -0.2) is 39.9 Å². The summed E-state index contributed by atoms with van der Waals surface area (Å²) in [4.78, 5) is 29.3. The van der Waals surface area contributed by atoms with E-state index in [1.54, 1.807) is 12.1 Å². The average Bonchev–Trinajstić information content (AvgIpc) is 3.30. The van der Waals surface area contributed by atoms with Crippen molar-refractivity contribution in [1.29, 1.82) is 0 Å². The van der Waals surface area contributed by atoms with Gasteiger partial charge in [-0.3, -0.25) is 0 Å². The molecule has 7 heteroatoms. The van der Waals surface area contributed by atoms with Gasteiger partial charge in [-0.1, -0.05) is 84.9 Å². The summed E-state index contributed by atoms with van der Waals surface area (Å²) in [5.41, 5.74) is 7.01. The smallest absolute Gasteiger partial charge is 0.407 e. The highest BCUT2D eigenvalue weighted by atomic mass is 16.5. The maximum atomic E-state index is 12.7. The minimum atomic E-state index is -1.26. The number of carbonyl (C=O) groups excluding carboxylic acids is 1. The van der Waals surface area contributed by atoms with Gasteiger partial charge in [-0.05, 0) is 51.6 Å². The van der Waals surface area contributed by atoms with Crippen LogP contribution in [-0.2, 0) is 16.0 Å². The van der Waals surface area contributed by atoms with Crippen molar-refractivity contribution in [3.63, 3.8) is 0 Å². The molecule has 6 rings (SSSR count). The van der Waals surface area contributed by atoms with Crippen molar-refractivity contribution >= 4 is 23.0 Å². The summed E-state index contributed by atoms with van der Waals surface area (Å²) in [6.45, 7) is 0.0799. The first-order chi connectivity index (χ1) is 19.5. The van der Waals surface area contributed by atoms with E-state index in [9.17, 15) is 19.8 Å². The second kappa shape index (κ2) is 10.5. The number of aromatic nitrogens is 1. The third-order valence-corrected chi connectivity index (χ3v) is 7.33. The Morgan fingerprint density at radius 2 is 1.45 bits per heavy atom. The van der Waals surface area contributed by atoms with E-state index in [1.165, 1.54) is 0 Å². The highest BCUT2D eigenvalue weighted by Crippen LogP contribution is 2.44. The van der Waals surface area contributed by atoms with Crippen LogP contribution in [0.15, 0.2) is 103 Å². The number of alkyl carbamates (subject to hydrolysis) is 1. The number of hydrogen-bond acceptors (Lipinski definition) is 5. The second-order valence-corrected chi connectivity index (χ2v) is 9.76. The van der Waals surface area contributed by atoms with Crippen molar-refractivity contribution in [3.05, 3.63) is 120 Å². The van der Waals surface area contributed by atoms with E-state index in [-0.39, 0.29) is 24.7 Å². The second-order valence-electron chi connectivity index (χ2n) is 9.76. The number of nitrogens with zero attached hydrogens (tertiary/aromatic N) is 1. The molecule has 4 aromatic carbocycles. The van der Waals surface area contributed by atoms with Gasteiger partial charge in [0.1, 0.15) is 23.9 Å². The fraction of sp³-hybridized carbons (Fsp3) is 0.121. The number of ether oxygens (including phenoxy) is 1. The molecule has 3 N–H and O–H groups in total. The zero-order valence-corrected chi connectivity index (χ0v) is 21.5. The van der Waals surface area contributed by atoms with Crippen LogP contribution in [0.2, 0.25) is 0 Å². The van der Waals surface area contributed by atoms with Gasteiger partial charge in [-0.2, -0.15) is 0 Å². The van der Waals surface area contributed by atoms with Gasteiger partial charge in [-0.25, -0.2) is 14.6 Å². The Morgan fingerprint density at radius 3 is 2.12 bits per heavy atom. The molecule has 1 amide bonds. The number of hydrogen-bond donors (Lipinski definition) is 3. The van der Waals surface area contributed by atoms with E-state index < -0.39 is 18.1 Å². The number of benzene rings is 4. The lowest BCUT2D eigenvalue weighted by molar-refractivity contribution is -0.139. The molecule has 1 aliphatic rings. The summed E-state index contributed by atoms with van der Waals surface area (Å²) >= 11 is 0. The van der Waals surface area contributed by atoms with Crippen molar-refractivity contribution in [3.8, 4) is 28.0 Å². The van der Waals surface area contributed by atoms with E-state index in [0.29, 0.717) is 11.2 Å². The van der Waals surface area contributed by atoms with Crippen molar-refractivity contribution in [1.82, 2.24) is 10.3 Å². The minimum absolute atomic E-state index is 0.00657. The van der Waals surface area contributed by atoms with E-state index in [0.717, 1.165) is 38.8 Å². The molecule has 40 heavy (non-hydrogen) atoms. The molecule has 1 aliphatic carbocycles. The standard InChI is InChI=1S/C33H26N2O5/c36-30-17-16-22(20-8-2-1-3-9-20)27-15-14-21(34-31(27)30)18-29(32(37)38)35-33(39)40-19-28-25-12-6-4-10-23(25)24-11-5-7-13-26(24)28/h1-17,28-29,36H,18-19H2,(H,35,39)(H,37,38)/t29-/m0/s1. The van der Waals surface area contributed by atoms with Crippen molar-refractivity contribution < 1.29 is 24.5 Å². The Balaban J connectivity index is 1.17. The Bertz CT molecular complexity index is 1690. The molecule has 0 bridgehead atoms. The molecule has 198 valence electrons. The summed E-state index contributed by atoms with van der Waals surface area (Å²) in [6.07, 6.45) is -0.894. The van der Waals surface area contributed by atoms with Crippen LogP contribution in [0.1, 0.15) is 22.7 Å². The molecule has 5 aromatic rings. The summed E-state index contributed by atoms with van der Waals surface area (Å²) in [6, 6.07) is 31.4. The number of carboxylic acids is 1. The number of aromatic hydroxyl groups is 1. The van der Waals surface area contributed by atoms with Gasteiger partial charge in [0.25, 0.3) is 0 Å². The number of carboxylic acid groups (broad SMARTS) is 1. The van der Waals surface area contributed by atoms with Gasteiger partial charge in [0.05, 0.1) is 0 Å². The monoisotopic (exact) mass is 530 g/mol. The van der Waals surface area contributed by atoms with Crippen LogP contribution >= 0.6 is 0 Å². The van der Waals surface area contributed by atoms with Crippen LogP contribution < -0.4 is 5.32 Å². The number of nitrogens with one attached hydrogen (secondary N) is 1. The highest BCUT2D eigenvalue weighted by molar-refractivity contribution is 5.97. The van der Waals surface area contributed by atoms with E-state index in [2.05, 4.69) is 10.3 Å². The lowest BCUT2D eigenvalue weighted by Crippen LogP contribution is -2.43. The lowest BCUT2D eigenvalue weighted by Gasteiger charge is -2.17. The lowest BCUT2D eigenvalue weighted by atomic mass is 9.98. The van der Waals surface area contributed by atoms with Crippen LogP contribution in [0.3, 0.4) is 0 Å². The zero-order valence-electron chi connectivity index (χ0n) is 21.5. The average molecular weight is 531 g/mol. The molecular formula is C33H26N2O5. The number of phenols is 1. The fourth-order valence-corrected chi connectivity index (χ4v) is 5.42. The molecule has 0 spiro atoms. The first kappa shape index (κ1) is 25.1. The summed E-state index contributed by atoms with van der Waals surface area (Å²) < 4.78 is 5.54. The Morgan fingerprint density at radius 1 is 0.800 bits per heavy atom. The summed E-state index contributed by atoms with van der Waals surface area (Å²) in [5, 5.41) is 23.6. The molecule has 1 heterocycles. The number of aliphatic carboxylic acids is 1. The third kappa shape index (κ3) is 4.73. The van der Waals surface area contributed by atoms with Crippen LogP contribution in [0, 0.1) is 0 Å². The SMILES string of the molecule is O=C(N[C@@H](Cc1ccc2c(-c3ccccc3)ccc(O)c2n1)C(=O)O)OCC1c2ccccc2-c2ccccc21. The van der Waals surface area contributed by atoms with Gasteiger partial charge in [0.15, 0.2) is 0 Å². The van der Waals surface area contributed by atoms with Crippen molar-refractivity contribution in [2.24, 2.45) is 0 Å². The highest BCUT2D eigenvalue weighted by Gasteiger charge is 2.30. The number of carbonyl (C=O) groups is 2. The molecule has 0 saturated carbocycles. The third-order valence-electron chi connectivity index (χ3n) is 7.33. The largest absolute Gasteiger partial charge is 0.506 e. The normalized spacial score (nSPS) is 12.9. The summed E-state index contributed by atoms with van der Waals surface area (Å²) in [5.74, 6) is -1.35. The number of amides is 1. The van der Waals surface area contributed by atoms with Crippen molar-refractivity contribution in [2.45, 2.75) is 18.4 Å². The Hall–Kier alpha value is -5.17. The van der Waals surface area contributed by atoms with E-state index >= 15 is 0 Å². The molecule has 1 atom stereocenters. The maximum Gasteiger partial charge on any atom is 0.407 e. The van der Waals surface area contributed by atoms with Gasteiger partial charge in [0.2, 0.25) is 0 Å². The van der Waals surface area contributed by atoms with Gasteiger partial charge in [0, 0.05) is 23.4 Å². The van der Waals surface area contributed by atoms with Gasteiger partial charge >= 0.3 is 12.1 Å².